The van der Waals surface area contributed by atoms with Crippen LogP contribution in [0.5, 0.6) is 0 Å². The summed E-state index contributed by atoms with van der Waals surface area (Å²) in [5, 5.41) is 34.3. The first-order valence-electron chi connectivity index (χ1n) is 9.37. The molecule has 0 amide bonds. The molecule has 7 heteroatoms. The van der Waals surface area contributed by atoms with Crippen LogP contribution in [-0.2, 0) is 0 Å². The SMILES string of the molecule is CC(C)Nc1cc(-c2ccc3cc(C#N)cnn23)ccc1C1=NN=C(CC#N)C1. The topological polar surface area (TPSA) is 102 Å². The Labute approximate surface area is 168 Å². The quantitative estimate of drug-likeness (QED) is 0.717. The van der Waals surface area contributed by atoms with Gasteiger partial charge >= 0.3 is 0 Å². The zero-order chi connectivity index (χ0) is 20.4. The summed E-state index contributed by atoms with van der Waals surface area (Å²) in [5.74, 6) is 0. The van der Waals surface area contributed by atoms with Crippen molar-refractivity contribution in [3.63, 3.8) is 0 Å². The predicted octanol–water partition coefficient (Wildman–Crippen LogP) is 4.16. The molecule has 0 aliphatic carbocycles. The lowest BCUT2D eigenvalue weighted by atomic mass is 9.99. The average Bonchev–Trinajstić information content (AvgIpc) is 3.34. The van der Waals surface area contributed by atoms with Crippen molar-refractivity contribution in [2.24, 2.45) is 10.2 Å². The molecule has 0 spiro atoms. The minimum atomic E-state index is 0.242. The standard InChI is InChI=1S/C22H19N7/c1-14(2)26-20-10-16(3-5-19(20)21-11-17(7-8-23)27-28-21)22-6-4-18-9-15(12-24)13-25-29(18)22/h3-6,9-10,13-14,26H,7,11H2,1-2H3. The van der Waals surface area contributed by atoms with Crippen molar-refractivity contribution in [1.29, 1.82) is 10.5 Å². The average molecular weight is 381 g/mol. The van der Waals surface area contributed by atoms with E-state index in [1.165, 1.54) is 0 Å². The Hall–Kier alpha value is -3.97. The highest BCUT2D eigenvalue weighted by Crippen LogP contribution is 2.30. The van der Waals surface area contributed by atoms with E-state index in [0.29, 0.717) is 18.4 Å². The van der Waals surface area contributed by atoms with Crippen LogP contribution in [0.4, 0.5) is 5.69 Å². The van der Waals surface area contributed by atoms with E-state index < -0.39 is 0 Å². The number of hydrogen-bond donors (Lipinski definition) is 1. The van der Waals surface area contributed by atoms with E-state index in [0.717, 1.165) is 39.4 Å². The van der Waals surface area contributed by atoms with E-state index in [2.05, 4.69) is 52.7 Å². The van der Waals surface area contributed by atoms with Gasteiger partial charge in [-0.2, -0.15) is 25.8 Å². The van der Waals surface area contributed by atoms with Crippen molar-refractivity contribution in [3.05, 3.63) is 53.7 Å². The molecule has 29 heavy (non-hydrogen) atoms. The van der Waals surface area contributed by atoms with Crippen LogP contribution < -0.4 is 5.32 Å². The minimum Gasteiger partial charge on any atom is -0.382 e. The third kappa shape index (κ3) is 3.59. The van der Waals surface area contributed by atoms with Crippen LogP contribution in [-0.4, -0.2) is 27.1 Å². The van der Waals surface area contributed by atoms with Crippen LogP contribution in [0.15, 0.2) is 52.8 Å². The molecule has 1 N–H and O–H groups in total. The maximum Gasteiger partial charge on any atom is 0.101 e. The monoisotopic (exact) mass is 381 g/mol. The molecule has 0 bridgehead atoms. The normalized spacial score (nSPS) is 13.1. The Morgan fingerprint density at radius 2 is 2.00 bits per heavy atom. The van der Waals surface area contributed by atoms with Gasteiger partial charge in [-0.25, -0.2) is 4.52 Å². The third-order valence-electron chi connectivity index (χ3n) is 4.67. The second-order valence-electron chi connectivity index (χ2n) is 7.20. The van der Waals surface area contributed by atoms with E-state index in [-0.39, 0.29) is 6.04 Å². The minimum absolute atomic E-state index is 0.242. The van der Waals surface area contributed by atoms with E-state index in [1.54, 1.807) is 6.20 Å². The van der Waals surface area contributed by atoms with Gasteiger partial charge in [0.25, 0.3) is 0 Å². The number of aromatic nitrogens is 2. The highest BCUT2D eigenvalue weighted by atomic mass is 15.2. The first kappa shape index (κ1) is 18.4. The molecule has 0 fully saturated rings. The lowest BCUT2D eigenvalue weighted by molar-refractivity contribution is 0.899. The number of nitrogens with zero attached hydrogens (tertiary/aromatic N) is 6. The molecule has 3 aromatic rings. The van der Waals surface area contributed by atoms with Gasteiger partial charge in [-0.15, -0.1) is 0 Å². The van der Waals surface area contributed by atoms with Gasteiger partial charge < -0.3 is 5.32 Å². The molecule has 0 atom stereocenters. The smallest absolute Gasteiger partial charge is 0.101 e. The van der Waals surface area contributed by atoms with Gasteiger partial charge in [-0.1, -0.05) is 12.1 Å². The molecule has 0 radical (unpaired) electrons. The van der Waals surface area contributed by atoms with Gasteiger partial charge in [-0.3, -0.25) is 0 Å². The molecule has 1 aromatic carbocycles. The maximum atomic E-state index is 9.08. The first-order chi connectivity index (χ1) is 14.1. The van der Waals surface area contributed by atoms with E-state index >= 15 is 0 Å². The second-order valence-corrected chi connectivity index (χ2v) is 7.20. The number of benzene rings is 1. The van der Waals surface area contributed by atoms with Crippen molar-refractivity contribution in [2.75, 3.05) is 5.32 Å². The molecule has 142 valence electrons. The number of fused-ring (bicyclic) bond motifs is 1. The van der Waals surface area contributed by atoms with Gasteiger partial charge in [-0.05, 0) is 38.1 Å². The zero-order valence-corrected chi connectivity index (χ0v) is 16.2. The predicted molar refractivity (Wildman–Crippen MR) is 113 cm³/mol. The summed E-state index contributed by atoms with van der Waals surface area (Å²) in [4.78, 5) is 0. The number of rotatable bonds is 5. The molecule has 0 saturated carbocycles. The molecule has 3 heterocycles. The van der Waals surface area contributed by atoms with E-state index in [1.807, 2.05) is 34.8 Å². The van der Waals surface area contributed by atoms with Gasteiger partial charge in [0, 0.05) is 29.3 Å². The molecule has 1 aliphatic rings. The van der Waals surface area contributed by atoms with Gasteiger partial charge in [0.2, 0.25) is 0 Å². The number of nitrogens with one attached hydrogen (secondary N) is 1. The molecule has 0 saturated heterocycles. The largest absolute Gasteiger partial charge is 0.382 e. The highest BCUT2D eigenvalue weighted by Gasteiger charge is 2.19. The summed E-state index contributed by atoms with van der Waals surface area (Å²) in [7, 11) is 0. The fourth-order valence-corrected chi connectivity index (χ4v) is 3.40. The Kier molecular flexibility index (Phi) is 4.80. The lowest BCUT2D eigenvalue weighted by Gasteiger charge is -2.16. The van der Waals surface area contributed by atoms with Crippen molar-refractivity contribution in [3.8, 4) is 23.4 Å². The van der Waals surface area contributed by atoms with Crippen molar-refractivity contribution in [1.82, 2.24) is 9.61 Å². The molecule has 0 unspecified atom stereocenters. The van der Waals surface area contributed by atoms with Crippen molar-refractivity contribution >= 4 is 22.6 Å². The summed E-state index contributed by atoms with van der Waals surface area (Å²) in [6.07, 6.45) is 2.45. The van der Waals surface area contributed by atoms with Crippen molar-refractivity contribution < 1.29 is 0 Å². The summed E-state index contributed by atoms with van der Waals surface area (Å²) < 4.78 is 1.83. The molecular weight excluding hydrogens is 362 g/mol. The van der Waals surface area contributed by atoms with Crippen LogP contribution in [0, 0.1) is 22.7 Å². The number of hydrogen-bond acceptors (Lipinski definition) is 6. The summed E-state index contributed by atoms with van der Waals surface area (Å²) in [6.45, 7) is 4.17. The van der Waals surface area contributed by atoms with E-state index in [9.17, 15) is 0 Å². The number of nitriles is 2. The fraction of sp³-hybridized carbons (Fsp3) is 0.227. The van der Waals surface area contributed by atoms with Gasteiger partial charge in [0.05, 0.1) is 46.9 Å². The molecule has 7 nitrogen and oxygen atoms in total. The Morgan fingerprint density at radius 3 is 2.76 bits per heavy atom. The summed E-state index contributed by atoms with van der Waals surface area (Å²) in [6, 6.07) is 16.4. The second kappa shape index (κ2) is 7.57. The zero-order valence-electron chi connectivity index (χ0n) is 16.2. The summed E-state index contributed by atoms with van der Waals surface area (Å²) in [5.41, 5.74) is 6.96. The van der Waals surface area contributed by atoms with Gasteiger partial charge in [0.1, 0.15) is 6.07 Å². The lowest BCUT2D eigenvalue weighted by Crippen LogP contribution is -2.14. The first-order valence-corrected chi connectivity index (χ1v) is 9.37. The third-order valence-corrected chi connectivity index (χ3v) is 4.67. The van der Waals surface area contributed by atoms with Crippen LogP contribution in [0.2, 0.25) is 0 Å². The molecule has 4 rings (SSSR count). The van der Waals surface area contributed by atoms with Crippen molar-refractivity contribution in [2.45, 2.75) is 32.7 Å². The Balaban J connectivity index is 1.74. The van der Waals surface area contributed by atoms with E-state index in [4.69, 9.17) is 10.5 Å². The fourth-order valence-electron chi connectivity index (χ4n) is 3.40. The highest BCUT2D eigenvalue weighted by molar-refractivity contribution is 6.17. The van der Waals surface area contributed by atoms with Crippen LogP contribution in [0.1, 0.15) is 37.8 Å². The molecular formula is C22H19N7. The van der Waals surface area contributed by atoms with Gasteiger partial charge in [0.15, 0.2) is 0 Å². The number of anilines is 1. The van der Waals surface area contributed by atoms with Crippen LogP contribution in [0.25, 0.3) is 16.8 Å². The Bertz CT molecular complexity index is 1230. The van der Waals surface area contributed by atoms with Crippen LogP contribution in [0.3, 0.4) is 0 Å². The Morgan fingerprint density at radius 1 is 1.14 bits per heavy atom. The van der Waals surface area contributed by atoms with Crippen LogP contribution >= 0.6 is 0 Å². The molecule has 2 aromatic heterocycles. The maximum absolute atomic E-state index is 9.08. The summed E-state index contributed by atoms with van der Waals surface area (Å²) >= 11 is 0. The molecule has 1 aliphatic heterocycles.